The highest BCUT2D eigenvalue weighted by molar-refractivity contribution is 6.31. The molecule has 0 aliphatic carbocycles. The van der Waals surface area contributed by atoms with Crippen LogP contribution in [0, 0.1) is 5.82 Å². The standard InChI is InChI=1S/C12H18ClFN2O/c1-2-17-7-6-9(16-15)8-10-11(13)4-3-5-12(10)14/h3-5,9,16H,2,6-8,15H2,1H3. The van der Waals surface area contributed by atoms with Crippen molar-refractivity contribution in [3.63, 3.8) is 0 Å². The summed E-state index contributed by atoms with van der Waals surface area (Å²) in [6.45, 7) is 3.19. The van der Waals surface area contributed by atoms with Crippen molar-refractivity contribution in [2.24, 2.45) is 5.84 Å². The van der Waals surface area contributed by atoms with Gasteiger partial charge in [0, 0.05) is 29.8 Å². The van der Waals surface area contributed by atoms with E-state index >= 15 is 0 Å². The fraction of sp³-hybridized carbons (Fsp3) is 0.500. The third-order valence-corrected chi connectivity index (χ3v) is 2.92. The van der Waals surface area contributed by atoms with E-state index in [1.54, 1.807) is 12.1 Å². The van der Waals surface area contributed by atoms with E-state index in [1.165, 1.54) is 6.07 Å². The molecule has 3 N–H and O–H groups in total. The number of nitrogens with two attached hydrogens (primary N) is 1. The van der Waals surface area contributed by atoms with Gasteiger partial charge in [0.2, 0.25) is 0 Å². The van der Waals surface area contributed by atoms with Gasteiger partial charge in [-0.2, -0.15) is 0 Å². The molecule has 0 aromatic heterocycles. The van der Waals surface area contributed by atoms with Crippen LogP contribution in [0.15, 0.2) is 18.2 Å². The van der Waals surface area contributed by atoms with Crippen molar-refractivity contribution in [3.8, 4) is 0 Å². The highest BCUT2D eigenvalue weighted by Crippen LogP contribution is 2.21. The lowest BCUT2D eigenvalue weighted by molar-refractivity contribution is 0.136. The maximum Gasteiger partial charge on any atom is 0.127 e. The fourth-order valence-electron chi connectivity index (χ4n) is 1.59. The van der Waals surface area contributed by atoms with Crippen LogP contribution < -0.4 is 11.3 Å². The quantitative estimate of drug-likeness (QED) is 0.449. The molecule has 0 radical (unpaired) electrons. The minimum absolute atomic E-state index is 0.0454. The molecule has 17 heavy (non-hydrogen) atoms. The van der Waals surface area contributed by atoms with Crippen molar-refractivity contribution in [2.45, 2.75) is 25.8 Å². The minimum atomic E-state index is -0.297. The van der Waals surface area contributed by atoms with Crippen molar-refractivity contribution >= 4 is 11.6 Å². The molecular weight excluding hydrogens is 243 g/mol. The van der Waals surface area contributed by atoms with Gasteiger partial charge < -0.3 is 4.74 Å². The molecular formula is C12H18ClFN2O. The number of rotatable bonds is 7. The predicted octanol–water partition coefficient (Wildman–Crippen LogP) is 2.28. The summed E-state index contributed by atoms with van der Waals surface area (Å²) in [6, 6.07) is 4.62. The van der Waals surface area contributed by atoms with Gasteiger partial charge in [0.25, 0.3) is 0 Å². The summed E-state index contributed by atoms with van der Waals surface area (Å²) in [7, 11) is 0. The zero-order valence-electron chi connectivity index (χ0n) is 9.88. The summed E-state index contributed by atoms with van der Waals surface area (Å²) in [6.07, 6.45) is 1.17. The van der Waals surface area contributed by atoms with Crippen molar-refractivity contribution in [2.75, 3.05) is 13.2 Å². The summed E-state index contributed by atoms with van der Waals surface area (Å²) >= 11 is 5.95. The average molecular weight is 261 g/mol. The van der Waals surface area contributed by atoms with Crippen LogP contribution in [0.4, 0.5) is 4.39 Å². The molecule has 96 valence electrons. The Bertz CT molecular complexity index is 329. The Labute approximate surface area is 106 Å². The van der Waals surface area contributed by atoms with Gasteiger partial charge in [-0.05, 0) is 31.9 Å². The fourth-order valence-corrected chi connectivity index (χ4v) is 1.83. The SMILES string of the molecule is CCOCCC(Cc1c(F)cccc1Cl)NN. The van der Waals surface area contributed by atoms with Crippen molar-refractivity contribution in [1.82, 2.24) is 5.43 Å². The zero-order valence-corrected chi connectivity index (χ0v) is 10.6. The maximum atomic E-state index is 13.6. The Balaban J connectivity index is 2.60. The first-order valence-electron chi connectivity index (χ1n) is 5.65. The van der Waals surface area contributed by atoms with E-state index in [-0.39, 0.29) is 11.9 Å². The van der Waals surface area contributed by atoms with E-state index in [0.29, 0.717) is 30.2 Å². The molecule has 0 fully saturated rings. The van der Waals surface area contributed by atoms with Crippen LogP contribution in [-0.2, 0) is 11.2 Å². The lowest BCUT2D eigenvalue weighted by atomic mass is 10.0. The second-order valence-electron chi connectivity index (χ2n) is 3.75. The van der Waals surface area contributed by atoms with Crippen molar-refractivity contribution in [1.29, 1.82) is 0 Å². The molecule has 0 amide bonds. The number of hydrazine groups is 1. The molecule has 0 spiro atoms. The Morgan fingerprint density at radius 2 is 2.29 bits per heavy atom. The topological polar surface area (TPSA) is 47.3 Å². The third-order valence-electron chi connectivity index (χ3n) is 2.56. The first-order chi connectivity index (χ1) is 8.19. The third kappa shape index (κ3) is 4.60. The lowest BCUT2D eigenvalue weighted by Crippen LogP contribution is -2.38. The van der Waals surface area contributed by atoms with Crippen molar-refractivity contribution < 1.29 is 9.13 Å². The molecule has 1 atom stereocenters. The van der Waals surface area contributed by atoms with Crippen LogP contribution in [0.3, 0.4) is 0 Å². The molecule has 0 aliphatic rings. The second-order valence-corrected chi connectivity index (χ2v) is 4.16. The molecule has 0 heterocycles. The van der Waals surface area contributed by atoms with E-state index in [2.05, 4.69) is 5.43 Å². The largest absolute Gasteiger partial charge is 0.382 e. The van der Waals surface area contributed by atoms with Crippen LogP contribution in [0.1, 0.15) is 18.9 Å². The number of hydrogen-bond acceptors (Lipinski definition) is 3. The molecule has 1 aromatic rings. The molecule has 1 unspecified atom stereocenters. The summed E-state index contributed by atoms with van der Waals surface area (Å²) < 4.78 is 18.8. The molecule has 0 saturated heterocycles. The highest BCUT2D eigenvalue weighted by atomic mass is 35.5. The first kappa shape index (κ1) is 14.4. The highest BCUT2D eigenvalue weighted by Gasteiger charge is 2.13. The Morgan fingerprint density at radius 3 is 2.88 bits per heavy atom. The van der Waals surface area contributed by atoms with Crippen molar-refractivity contribution in [3.05, 3.63) is 34.6 Å². The van der Waals surface area contributed by atoms with E-state index in [1.807, 2.05) is 6.92 Å². The average Bonchev–Trinajstić information content (AvgIpc) is 2.32. The summed E-state index contributed by atoms with van der Waals surface area (Å²) in [5, 5.41) is 0.432. The van der Waals surface area contributed by atoms with Crippen LogP contribution >= 0.6 is 11.6 Å². The minimum Gasteiger partial charge on any atom is -0.382 e. The molecule has 0 aliphatic heterocycles. The van der Waals surface area contributed by atoms with Crippen LogP contribution in [0.2, 0.25) is 5.02 Å². The van der Waals surface area contributed by atoms with Gasteiger partial charge in [-0.15, -0.1) is 0 Å². The van der Waals surface area contributed by atoms with Gasteiger partial charge in [-0.1, -0.05) is 17.7 Å². The monoisotopic (exact) mass is 260 g/mol. The van der Waals surface area contributed by atoms with E-state index < -0.39 is 0 Å². The van der Waals surface area contributed by atoms with E-state index in [9.17, 15) is 4.39 Å². The van der Waals surface area contributed by atoms with Gasteiger partial charge in [0.05, 0.1) is 0 Å². The van der Waals surface area contributed by atoms with Gasteiger partial charge in [-0.3, -0.25) is 11.3 Å². The number of halogens is 2. The lowest BCUT2D eigenvalue weighted by Gasteiger charge is -2.16. The molecule has 5 heteroatoms. The summed E-state index contributed by atoms with van der Waals surface area (Å²) in [4.78, 5) is 0. The second kappa shape index (κ2) is 7.61. The molecule has 1 aromatic carbocycles. The maximum absolute atomic E-state index is 13.6. The predicted molar refractivity (Wildman–Crippen MR) is 67.3 cm³/mol. The molecule has 0 bridgehead atoms. The summed E-state index contributed by atoms with van der Waals surface area (Å²) in [5.41, 5.74) is 3.15. The van der Waals surface area contributed by atoms with Gasteiger partial charge >= 0.3 is 0 Å². The molecule has 1 rings (SSSR count). The van der Waals surface area contributed by atoms with Crippen LogP contribution in [-0.4, -0.2) is 19.3 Å². The number of hydrogen-bond donors (Lipinski definition) is 2. The summed E-state index contributed by atoms with van der Waals surface area (Å²) in [5.74, 6) is 5.13. The van der Waals surface area contributed by atoms with E-state index in [4.69, 9.17) is 22.2 Å². The van der Waals surface area contributed by atoms with Crippen LogP contribution in [0.5, 0.6) is 0 Å². The number of ether oxygens (including phenoxy) is 1. The van der Waals surface area contributed by atoms with Crippen LogP contribution in [0.25, 0.3) is 0 Å². The molecule has 0 saturated carbocycles. The van der Waals surface area contributed by atoms with E-state index in [0.717, 1.165) is 6.42 Å². The normalized spacial score (nSPS) is 12.7. The Morgan fingerprint density at radius 1 is 1.53 bits per heavy atom. The number of nitrogens with one attached hydrogen (secondary N) is 1. The van der Waals surface area contributed by atoms with Gasteiger partial charge in [0.1, 0.15) is 5.82 Å². The smallest absolute Gasteiger partial charge is 0.127 e. The van der Waals surface area contributed by atoms with Gasteiger partial charge in [0.15, 0.2) is 0 Å². The number of benzene rings is 1. The first-order valence-corrected chi connectivity index (χ1v) is 6.03. The zero-order chi connectivity index (χ0) is 12.7. The Kier molecular flexibility index (Phi) is 6.44. The van der Waals surface area contributed by atoms with Gasteiger partial charge in [-0.25, -0.2) is 4.39 Å². The molecule has 3 nitrogen and oxygen atoms in total. The Hall–Kier alpha value is -0.680.